The van der Waals surface area contributed by atoms with Crippen molar-refractivity contribution in [2.75, 3.05) is 11.7 Å². The number of nitrogens with zero attached hydrogens (tertiary/aromatic N) is 2. The molecule has 3 N–H and O–H groups in total. The lowest BCUT2D eigenvalue weighted by Crippen LogP contribution is -2.10. The summed E-state index contributed by atoms with van der Waals surface area (Å²) in [7, 11) is 0. The van der Waals surface area contributed by atoms with E-state index in [4.69, 9.17) is 5.84 Å². The highest BCUT2D eigenvalue weighted by Gasteiger charge is 2.01. The molecule has 0 saturated heterocycles. The standard InChI is InChI=1S/C5H7BrN4S/c1-11-4-3(6)2-8-5(9-4)10-7/h2H,7H2,1H3,(H,8,9,10). The molecule has 0 amide bonds. The third-order valence-electron chi connectivity index (χ3n) is 1.03. The zero-order valence-electron chi connectivity index (χ0n) is 5.84. The summed E-state index contributed by atoms with van der Waals surface area (Å²) < 4.78 is 0.879. The van der Waals surface area contributed by atoms with Crippen molar-refractivity contribution in [1.82, 2.24) is 9.97 Å². The summed E-state index contributed by atoms with van der Waals surface area (Å²) in [5.41, 5.74) is 2.37. The molecule has 0 saturated carbocycles. The van der Waals surface area contributed by atoms with E-state index in [1.54, 1.807) is 6.20 Å². The van der Waals surface area contributed by atoms with E-state index in [1.165, 1.54) is 11.8 Å². The Bertz CT molecular complexity index is 254. The van der Waals surface area contributed by atoms with Crippen LogP contribution in [0.4, 0.5) is 5.95 Å². The lowest BCUT2D eigenvalue weighted by molar-refractivity contribution is 1.01. The van der Waals surface area contributed by atoms with Crippen LogP contribution in [-0.2, 0) is 0 Å². The Balaban J connectivity index is 3.02. The highest BCUT2D eigenvalue weighted by Crippen LogP contribution is 2.22. The lowest BCUT2D eigenvalue weighted by atomic mass is 10.7. The molecule has 4 nitrogen and oxygen atoms in total. The normalized spacial score (nSPS) is 9.73. The summed E-state index contributed by atoms with van der Waals surface area (Å²) in [6.45, 7) is 0. The maximum atomic E-state index is 5.12. The van der Waals surface area contributed by atoms with Crippen LogP contribution in [0.3, 0.4) is 0 Å². The predicted octanol–water partition coefficient (Wildman–Crippen LogP) is 1.25. The summed E-state index contributed by atoms with van der Waals surface area (Å²) in [5, 5.41) is 0.868. The Kier molecular flexibility index (Phi) is 3.10. The molecule has 0 aliphatic carbocycles. The number of rotatable bonds is 2. The molecule has 0 aliphatic heterocycles. The van der Waals surface area contributed by atoms with Gasteiger partial charge in [0.1, 0.15) is 5.03 Å². The molecule has 0 atom stereocenters. The molecule has 0 spiro atoms. The molecule has 1 rings (SSSR count). The summed E-state index contributed by atoms with van der Waals surface area (Å²) in [5.74, 6) is 5.55. The Hall–Kier alpha value is -0.330. The SMILES string of the molecule is CSc1nc(NN)ncc1Br. The third-order valence-corrected chi connectivity index (χ3v) is 2.58. The van der Waals surface area contributed by atoms with Crippen molar-refractivity contribution >= 4 is 33.6 Å². The second-order valence-electron chi connectivity index (χ2n) is 1.70. The second kappa shape index (κ2) is 3.89. The monoisotopic (exact) mass is 234 g/mol. The molecule has 0 radical (unpaired) electrons. The molecule has 1 aromatic heterocycles. The molecule has 1 aromatic rings. The van der Waals surface area contributed by atoms with Gasteiger partial charge in [-0.1, -0.05) is 0 Å². The van der Waals surface area contributed by atoms with Crippen molar-refractivity contribution in [3.63, 3.8) is 0 Å². The highest BCUT2D eigenvalue weighted by molar-refractivity contribution is 9.10. The second-order valence-corrected chi connectivity index (χ2v) is 3.34. The van der Waals surface area contributed by atoms with Gasteiger partial charge in [-0.15, -0.1) is 11.8 Å². The topological polar surface area (TPSA) is 63.8 Å². The van der Waals surface area contributed by atoms with Gasteiger partial charge in [-0.25, -0.2) is 15.8 Å². The molecule has 0 fully saturated rings. The van der Waals surface area contributed by atoms with Crippen LogP contribution in [0.2, 0.25) is 0 Å². The average molecular weight is 235 g/mol. The van der Waals surface area contributed by atoms with Crippen LogP contribution in [0, 0.1) is 0 Å². The first-order valence-corrected chi connectivity index (χ1v) is 4.83. The van der Waals surface area contributed by atoms with Gasteiger partial charge in [0.15, 0.2) is 0 Å². The van der Waals surface area contributed by atoms with Crippen LogP contribution in [0.25, 0.3) is 0 Å². The third kappa shape index (κ3) is 2.05. The summed E-state index contributed by atoms with van der Waals surface area (Å²) in [6, 6.07) is 0. The van der Waals surface area contributed by atoms with Gasteiger partial charge in [-0.05, 0) is 22.2 Å². The van der Waals surface area contributed by atoms with Crippen molar-refractivity contribution < 1.29 is 0 Å². The molecular formula is C5H7BrN4S. The Morgan fingerprint density at radius 2 is 2.45 bits per heavy atom. The van der Waals surface area contributed by atoms with Gasteiger partial charge < -0.3 is 0 Å². The minimum Gasteiger partial charge on any atom is -0.292 e. The van der Waals surface area contributed by atoms with Crippen LogP contribution in [0.5, 0.6) is 0 Å². The van der Waals surface area contributed by atoms with E-state index in [0.29, 0.717) is 5.95 Å². The zero-order valence-corrected chi connectivity index (χ0v) is 8.24. The van der Waals surface area contributed by atoms with E-state index in [0.717, 1.165) is 9.50 Å². The lowest BCUT2D eigenvalue weighted by Gasteiger charge is -2.01. The molecule has 0 aromatic carbocycles. The maximum Gasteiger partial charge on any atom is 0.238 e. The smallest absolute Gasteiger partial charge is 0.238 e. The fourth-order valence-electron chi connectivity index (χ4n) is 0.564. The van der Waals surface area contributed by atoms with E-state index in [-0.39, 0.29) is 0 Å². The van der Waals surface area contributed by atoms with Crippen molar-refractivity contribution in [3.8, 4) is 0 Å². The Labute approximate surface area is 77.1 Å². The first kappa shape index (κ1) is 8.76. The largest absolute Gasteiger partial charge is 0.292 e. The first-order chi connectivity index (χ1) is 5.27. The van der Waals surface area contributed by atoms with Gasteiger partial charge in [0, 0.05) is 6.20 Å². The van der Waals surface area contributed by atoms with Crippen molar-refractivity contribution in [3.05, 3.63) is 10.7 Å². The van der Waals surface area contributed by atoms with E-state index in [9.17, 15) is 0 Å². The Morgan fingerprint density at radius 3 is 3.00 bits per heavy atom. The van der Waals surface area contributed by atoms with Crippen molar-refractivity contribution in [1.29, 1.82) is 0 Å². The summed E-state index contributed by atoms with van der Waals surface area (Å²) >= 11 is 4.84. The summed E-state index contributed by atoms with van der Waals surface area (Å²) in [4.78, 5) is 7.98. The Morgan fingerprint density at radius 1 is 1.73 bits per heavy atom. The molecule has 11 heavy (non-hydrogen) atoms. The van der Waals surface area contributed by atoms with E-state index >= 15 is 0 Å². The average Bonchev–Trinajstić information content (AvgIpc) is 2.05. The number of nitrogen functional groups attached to an aromatic ring is 1. The molecule has 0 bridgehead atoms. The van der Waals surface area contributed by atoms with Crippen LogP contribution >= 0.6 is 27.7 Å². The molecule has 0 unspecified atom stereocenters. The number of thioether (sulfide) groups is 1. The highest BCUT2D eigenvalue weighted by atomic mass is 79.9. The minimum atomic E-state index is 0.428. The first-order valence-electron chi connectivity index (χ1n) is 2.81. The summed E-state index contributed by atoms with van der Waals surface area (Å²) in [6.07, 6.45) is 3.60. The van der Waals surface area contributed by atoms with Crippen LogP contribution in [0.15, 0.2) is 15.7 Å². The number of anilines is 1. The molecule has 0 aliphatic rings. The number of hydrogen-bond acceptors (Lipinski definition) is 5. The van der Waals surface area contributed by atoms with Crippen LogP contribution < -0.4 is 11.3 Å². The maximum absolute atomic E-state index is 5.12. The number of halogens is 1. The van der Waals surface area contributed by atoms with E-state index < -0.39 is 0 Å². The molecular weight excluding hydrogens is 228 g/mol. The molecule has 6 heteroatoms. The number of hydrogen-bond donors (Lipinski definition) is 2. The van der Waals surface area contributed by atoms with Gasteiger partial charge in [-0.2, -0.15) is 0 Å². The van der Waals surface area contributed by atoms with Crippen LogP contribution in [0.1, 0.15) is 0 Å². The van der Waals surface area contributed by atoms with Crippen molar-refractivity contribution in [2.24, 2.45) is 5.84 Å². The van der Waals surface area contributed by atoms with Gasteiger partial charge >= 0.3 is 0 Å². The predicted molar refractivity (Wildman–Crippen MR) is 49.3 cm³/mol. The van der Waals surface area contributed by atoms with Crippen molar-refractivity contribution in [2.45, 2.75) is 5.03 Å². The minimum absolute atomic E-state index is 0.428. The number of hydrazine groups is 1. The van der Waals surface area contributed by atoms with Crippen LogP contribution in [-0.4, -0.2) is 16.2 Å². The molecule has 60 valence electrons. The van der Waals surface area contributed by atoms with Gasteiger partial charge in [0.2, 0.25) is 5.95 Å². The zero-order chi connectivity index (χ0) is 8.27. The number of nitrogens with two attached hydrogens (primary N) is 1. The van der Waals surface area contributed by atoms with E-state index in [1.807, 2.05) is 6.26 Å². The fourth-order valence-corrected chi connectivity index (χ4v) is 1.67. The van der Waals surface area contributed by atoms with Gasteiger partial charge in [0.25, 0.3) is 0 Å². The molecule has 1 heterocycles. The van der Waals surface area contributed by atoms with Gasteiger partial charge in [-0.3, -0.25) is 5.43 Å². The number of nitrogens with one attached hydrogen (secondary N) is 1. The fraction of sp³-hybridized carbons (Fsp3) is 0.200. The number of aromatic nitrogens is 2. The van der Waals surface area contributed by atoms with E-state index in [2.05, 4.69) is 31.3 Å². The van der Waals surface area contributed by atoms with Gasteiger partial charge in [0.05, 0.1) is 4.47 Å². The quantitative estimate of drug-likeness (QED) is 0.349.